The summed E-state index contributed by atoms with van der Waals surface area (Å²) >= 11 is 0. The average molecular weight is 324 g/mol. The summed E-state index contributed by atoms with van der Waals surface area (Å²) in [6.45, 7) is 5.76. The van der Waals surface area contributed by atoms with Crippen LogP contribution in [0.5, 0.6) is 0 Å². The number of halogens is 1. The van der Waals surface area contributed by atoms with Crippen molar-refractivity contribution in [1.82, 2.24) is 5.32 Å². The van der Waals surface area contributed by atoms with Crippen LogP contribution in [0.2, 0.25) is 0 Å². The van der Waals surface area contributed by atoms with Crippen LogP contribution < -0.4 is 5.32 Å². The van der Waals surface area contributed by atoms with E-state index >= 15 is 0 Å². The maximum absolute atomic E-state index is 13.0. The number of rotatable bonds is 6. The van der Waals surface area contributed by atoms with E-state index in [1.54, 1.807) is 0 Å². The molecular formula is C16H21FN2O4. The molecule has 2 N–H and O–H groups in total. The molecule has 1 amide bonds. The number of nitrogens with zero attached hydrogens (tertiary/aromatic N) is 1. The number of carbonyl (C=O) groups is 1. The largest absolute Gasteiger partial charge is 0.394 e. The smallest absolute Gasteiger partial charge is 0.279 e. The Bertz CT molecular complexity index is 609. The van der Waals surface area contributed by atoms with Crippen molar-refractivity contribution in [2.24, 2.45) is 5.41 Å². The second-order valence-electron chi connectivity index (χ2n) is 6.45. The molecule has 0 radical (unpaired) electrons. The summed E-state index contributed by atoms with van der Waals surface area (Å²) in [4.78, 5) is 22.0. The molecule has 0 aliphatic carbocycles. The van der Waals surface area contributed by atoms with E-state index in [-0.39, 0.29) is 17.6 Å². The van der Waals surface area contributed by atoms with E-state index in [1.165, 1.54) is 12.1 Å². The number of nitrogens with one attached hydrogen (secondary N) is 1. The lowest BCUT2D eigenvalue weighted by atomic mass is 9.88. The molecule has 0 fully saturated rings. The highest BCUT2D eigenvalue weighted by Gasteiger charge is 2.19. The van der Waals surface area contributed by atoms with E-state index in [9.17, 15) is 24.4 Å². The van der Waals surface area contributed by atoms with Crippen LogP contribution in [-0.2, 0) is 4.79 Å². The minimum absolute atomic E-state index is 0.0693. The van der Waals surface area contributed by atoms with Crippen LogP contribution in [-0.4, -0.2) is 28.6 Å². The topological polar surface area (TPSA) is 92.5 Å². The van der Waals surface area contributed by atoms with E-state index in [0.717, 1.165) is 18.2 Å². The molecule has 126 valence electrons. The third kappa shape index (κ3) is 6.56. The zero-order valence-corrected chi connectivity index (χ0v) is 13.4. The van der Waals surface area contributed by atoms with Gasteiger partial charge in [0, 0.05) is 6.08 Å². The highest BCUT2D eigenvalue weighted by molar-refractivity contribution is 5.92. The third-order valence-electron chi connectivity index (χ3n) is 3.03. The van der Waals surface area contributed by atoms with Gasteiger partial charge in [-0.25, -0.2) is 4.39 Å². The minimum Gasteiger partial charge on any atom is -0.394 e. The van der Waals surface area contributed by atoms with Crippen LogP contribution in [0, 0.1) is 21.3 Å². The third-order valence-corrected chi connectivity index (χ3v) is 3.03. The molecule has 1 aromatic rings. The number of aliphatic hydroxyl groups excluding tert-OH is 1. The van der Waals surface area contributed by atoms with Crippen molar-refractivity contribution in [3.8, 4) is 0 Å². The van der Waals surface area contributed by atoms with Gasteiger partial charge in [0.1, 0.15) is 5.82 Å². The Kier molecular flexibility index (Phi) is 6.38. The summed E-state index contributed by atoms with van der Waals surface area (Å²) in [6.07, 6.45) is 2.96. The summed E-state index contributed by atoms with van der Waals surface area (Å²) in [5, 5.41) is 22.8. The quantitative estimate of drug-likeness (QED) is 0.478. The molecule has 23 heavy (non-hydrogen) atoms. The van der Waals surface area contributed by atoms with Gasteiger partial charge in [-0.1, -0.05) is 20.8 Å². The molecule has 1 rings (SSSR count). The molecule has 6 nitrogen and oxygen atoms in total. The van der Waals surface area contributed by atoms with Crippen molar-refractivity contribution in [2.75, 3.05) is 6.61 Å². The lowest BCUT2D eigenvalue weighted by Crippen LogP contribution is -2.39. The molecule has 0 heterocycles. The van der Waals surface area contributed by atoms with Gasteiger partial charge < -0.3 is 10.4 Å². The Balaban J connectivity index is 2.81. The Labute approximate surface area is 134 Å². The van der Waals surface area contributed by atoms with Crippen molar-refractivity contribution < 1.29 is 19.2 Å². The summed E-state index contributed by atoms with van der Waals surface area (Å²) in [5.41, 5.74) is -0.356. The first kappa shape index (κ1) is 18.8. The first-order valence-electron chi connectivity index (χ1n) is 7.16. The second-order valence-corrected chi connectivity index (χ2v) is 6.45. The molecule has 0 bridgehead atoms. The van der Waals surface area contributed by atoms with Crippen molar-refractivity contribution in [1.29, 1.82) is 0 Å². The van der Waals surface area contributed by atoms with E-state index in [1.807, 2.05) is 20.8 Å². The van der Waals surface area contributed by atoms with Crippen LogP contribution in [0.4, 0.5) is 10.1 Å². The van der Waals surface area contributed by atoms with Crippen LogP contribution in [0.3, 0.4) is 0 Å². The van der Waals surface area contributed by atoms with E-state index in [4.69, 9.17) is 0 Å². The van der Waals surface area contributed by atoms with Gasteiger partial charge in [-0.3, -0.25) is 14.9 Å². The highest BCUT2D eigenvalue weighted by Crippen LogP contribution is 2.22. The highest BCUT2D eigenvalue weighted by atomic mass is 19.1. The lowest BCUT2D eigenvalue weighted by Gasteiger charge is -2.24. The number of nitro benzene ring substituents is 1. The predicted molar refractivity (Wildman–Crippen MR) is 85.2 cm³/mol. The molecule has 0 saturated heterocycles. The molecule has 0 spiro atoms. The number of hydrogen-bond acceptors (Lipinski definition) is 4. The Morgan fingerprint density at radius 2 is 2.13 bits per heavy atom. The second kappa shape index (κ2) is 7.82. The number of hydrogen-bond donors (Lipinski definition) is 2. The van der Waals surface area contributed by atoms with Gasteiger partial charge in [0.2, 0.25) is 5.91 Å². The molecule has 0 aliphatic heterocycles. The fourth-order valence-electron chi connectivity index (χ4n) is 2.13. The maximum Gasteiger partial charge on any atom is 0.279 e. The first-order chi connectivity index (χ1) is 10.6. The van der Waals surface area contributed by atoms with Crippen LogP contribution in [0.25, 0.3) is 6.08 Å². The number of aliphatic hydroxyl groups is 1. The van der Waals surface area contributed by atoms with Crippen LogP contribution in [0.15, 0.2) is 24.3 Å². The van der Waals surface area contributed by atoms with Crippen LogP contribution >= 0.6 is 0 Å². The fourth-order valence-corrected chi connectivity index (χ4v) is 2.13. The number of carbonyl (C=O) groups excluding carboxylic acids is 1. The number of nitro groups is 1. The van der Waals surface area contributed by atoms with Crippen LogP contribution in [0.1, 0.15) is 32.8 Å². The van der Waals surface area contributed by atoms with Gasteiger partial charge in [-0.15, -0.1) is 0 Å². The van der Waals surface area contributed by atoms with Gasteiger partial charge in [0.25, 0.3) is 5.69 Å². The maximum atomic E-state index is 13.0. The Morgan fingerprint density at radius 1 is 1.48 bits per heavy atom. The number of benzene rings is 1. The molecule has 1 unspecified atom stereocenters. The first-order valence-corrected chi connectivity index (χ1v) is 7.16. The van der Waals surface area contributed by atoms with Crippen molar-refractivity contribution in [2.45, 2.75) is 33.2 Å². The van der Waals surface area contributed by atoms with Crippen molar-refractivity contribution >= 4 is 17.7 Å². The fraction of sp³-hybridized carbons (Fsp3) is 0.438. The molecule has 0 aromatic heterocycles. The zero-order valence-electron chi connectivity index (χ0n) is 13.4. The van der Waals surface area contributed by atoms with Crippen molar-refractivity contribution in [3.05, 3.63) is 45.8 Å². The molecule has 1 atom stereocenters. The number of amides is 1. The summed E-state index contributed by atoms with van der Waals surface area (Å²) in [7, 11) is 0. The normalized spacial score (nSPS) is 13.1. The minimum atomic E-state index is -0.719. The predicted octanol–water partition coefficient (Wildman–Crippen LogP) is 2.66. The summed E-state index contributed by atoms with van der Waals surface area (Å²) in [5.74, 6) is -1.20. The molecular weight excluding hydrogens is 303 g/mol. The molecule has 7 heteroatoms. The summed E-state index contributed by atoms with van der Waals surface area (Å²) in [6, 6.07) is 2.71. The average Bonchev–Trinajstić information content (AvgIpc) is 2.43. The summed E-state index contributed by atoms with van der Waals surface area (Å²) < 4.78 is 13.0. The van der Waals surface area contributed by atoms with E-state index < -0.39 is 28.4 Å². The van der Waals surface area contributed by atoms with E-state index in [0.29, 0.717) is 6.42 Å². The van der Waals surface area contributed by atoms with Gasteiger partial charge in [0.15, 0.2) is 0 Å². The molecule has 1 aromatic carbocycles. The van der Waals surface area contributed by atoms with Crippen molar-refractivity contribution in [3.63, 3.8) is 0 Å². The Hall–Kier alpha value is -2.28. The molecule has 0 saturated carbocycles. The van der Waals surface area contributed by atoms with Gasteiger partial charge >= 0.3 is 0 Å². The standard InChI is InChI=1S/C16H21FN2O4/c1-16(2,3)9-13(10-20)18-15(21)7-5-11-4-6-12(17)8-14(11)19(22)23/h4-8,13,20H,9-10H2,1-3H3,(H,18,21)/b7-5+. The van der Waals surface area contributed by atoms with Gasteiger partial charge in [-0.05, 0) is 30.0 Å². The molecule has 0 aliphatic rings. The Morgan fingerprint density at radius 3 is 2.65 bits per heavy atom. The SMILES string of the molecule is CC(C)(C)CC(CO)NC(=O)/C=C/c1ccc(F)cc1[N+](=O)[O-]. The van der Waals surface area contributed by atoms with E-state index in [2.05, 4.69) is 5.32 Å². The van der Waals surface area contributed by atoms with Gasteiger partial charge in [0.05, 0.1) is 29.2 Å². The monoisotopic (exact) mass is 324 g/mol. The lowest BCUT2D eigenvalue weighted by molar-refractivity contribution is -0.385. The van der Waals surface area contributed by atoms with Gasteiger partial charge in [-0.2, -0.15) is 0 Å². The zero-order chi connectivity index (χ0) is 17.6.